The van der Waals surface area contributed by atoms with Crippen LogP contribution in [0.25, 0.3) is 0 Å². The van der Waals surface area contributed by atoms with Crippen LogP contribution in [0.5, 0.6) is 0 Å². The van der Waals surface area contributed by atoms with Crippen LogP contribution in [0.4, 0.5) is 0 Å². The normalized spacial score (nSPS) is 24.5. The van der Waals surface area contributed by atoms with Crippen molar-refractivity contribution in [2.24, 2.45) is 5.92 Å². The largest absolute Gasteiger partial charge is 0.363 e. The number of aromatic nitrogens is 1. The number of aryl methyl sites for hydroxylation is 1. The van der Waals surface area contributed by atoms with Gasteiger partial charge in [0.1, 0.15) is 6.61 Å². The highest BCUT2D eigenvalue weighted by molar-refractivity contribution is 5.78. The first kappa shape index (κ1) is 16.0. The maximum atomic E-state index is 12.3. The first-order chi connectivity index (χ1) is 11.6. The number of amides is 1. The van der Waals surface area contributed by atoms with Crippen LogP contribution >= 0.6 is 0 Å². The van der Waals surface area contributed by atoms with Crippen LogP contribution in [0.3, 0.4) is 0 Å². The van der Waals surface area contributed by atoms with Crippen LogP contribution < -0.4 is 0 Å². The van der Waals surface area contributed by atoms with Gasteiger partial charge in [0.05, 0.1) is 24.4 Å². The number of carbonyl (C=O) groups is 1. The van der Waals surface area contributed by atoms with Crippen molar-refractivity contribution >= 4 is 5.91 Å². The van der Waals surface area contributed by atoms with Crippen molar-refractivity contribution in [1.29, 1.82) is 0 Å². The smallest absolute Gasteiger partial charge is 0.249 e. The van der Waals surface area contributed by atoms with Crippen LogP contribution in [-0.4, -0.2) is 59.1 Å². The Morgan fingerprint density at radius 1 is 1.29 bits per heavy atom. The van der Waals surface area contributed by atoms with E-state index in [4.69, 9.17) is 4.74 Å². The number of hydrogen-bond acceptors (Lipinski definition) is 4. The molecule has 2 aliphatic heterocycles. The minimum Gasteiger partial charge on any atom is -0.363 e. The van der Waals surface area contributed by atoms with Gasteiger partial charge in [-0.1, -0.05) is 6.07 Å². The zero-order valence-corrected chi connectivity index (χ0v) is 14.5. The molecular weight excluding hydrogens is 302 g/mol. The fourth-order valence-corrected chi connectivity index (χ4v) is 3.93. The standard InChI is InChI=1S/C19H27N3O2/c1-15-3-2-4-17(20-15)12-22-14-19(24-13-18(22)23)7-9-21(10-8-19)11-16-5-6-16/h2-4,16H,5-14H2,1H3. The van der Waals surface area contributed by atoms with Gasteiger partial charge in [-0.3, -0.25) is 9.78 Å². The molecule has 0 atom stereocenters. The fourth-order valence-electron chi connectivity index (χ4n) is 3.93. The van der Waals surface area contributed by atoms with E-state index in [0.29, 0.717) is 13.1 Å². The molecule has 0 N–H and O–H groups in total. The second-order valence-corrected chi connectivity index (χ2v) is 7.74. The van der Waals surface area contributed by atoms with E-state index in [2.05, 4.69) is 9.88 Å². The van der Waals surface area contributed by atoms with E-state index in [1.54, 1.807) is 0 Å². The Labute approximate surface area is 144 Å². The summed E-state index contributed by atoms with van der Waals surface area (Å²) in [5.74, 6) is 1.03. The molecule has 5 heteroatoms. The molecule has 130 valence electrons. The van der Waals surface area contributed by atoms with Gasteiger partial charge >= 0.3 is 0 Å². The summed E-state index contributed by atoms with van der Waals surface area (Å²) in [4.78, 5) is 21.4. The van der Waals surface area contributed by atoms with Crippen LogP contribution in [0.1, 0.15) is 37.1 Å². The van der Waals surface area contributed by atoms with Gasteiger partial charge in [-0.15, -0.1) is 0 Å². The van der Waals surface area contributed by atoms with Gasteiger partial charge < -0.3 is 14.5 Å². The topological polar surface area (TPSA) is 45.7 Å². The second-order valence-electron chi connectivity index (χ2n) is 7.74. The zero-order valence-electron chi connectivity index (χ0n) is 14.5. The SMILES string of the molecule is Cc1cccc(CN2CC3(CCN(CC4CC4)CC3)OCC2=O)n1. The molecule has 1 spiro atoms. The van der Waals surface area contributed by atoms with Crippen molar-refractivity contribution in [3.63, 3.8) is 0 Å². The van der Waals surface area contributed by atoms with Crippen molar-refractivity contribution in [3.05, 3.63) is 29.6 Å². The number of morpholine rings is 1. The van der Waals surface area contributed by atoms with Crippen LogP contribution in [0.2, 0.25) is 0 Å². The first-order valence-electron chi connectivity index (χ1n) is 9.19. The lowest BCUT2D eigenvalue weighted by Crippen LogP contribution is -2.58. The maximum absolute atomic E-state index is 12.3. The van der Waals surface area contributed by atoms with E-state index >= 15 is 0 Å². The maximum Gasteiger partial charge on any atom is 0.249 e. The van der Waals surface area contributed by atoms with Gasteiger partial charge in [0.2, 0.25) is 5.91 Å². The van der Waals surface area contributed by atoms with Crippen molar-refractivity contribution in [2.45, 2.75) is 44.8 Å². The second kappa shape index (κ2) is 6.45. The lowest BCUT2D eigenvalue weighted by molar-refractivity contribution is -0.172. The van der Waals surface area contributed by atoms with Crippen LogP contribution in [-0.2, 0) is 16.1 Å². The summed E-state index contributed by atoms with van der Waals surface area (Å²) in [5, 5.41) is 0. The Bertz CT molecular complexity index is 606. The molecule has 0 aromatic carbocycles. The van der Waals surface area contributed by atoms with Gasteiger partial charge in [-0.25, -0.2) is 0 Å². The molecule has 3 aliphatic rings. The Morgan fingerprint density at radius 3 is 2.79 bits per heavy atom. The van der Waals surface area contributed by atoms with E-state index in [0.717, 1.165) is 43.2 Å². The molecule has 2 saturated heterocycles. The summed E-state index contributed by atoms with van der Waals surface area (Å²) in [5.41, 5.74) is 1.82. The lowest BCUT2D eigenvalue weighted by Gasteiger charge is -2.47. The monoisotopic (exact) mass is 329 g/mol. The predicted molar refractivity (Wildman–Crippen MR) is 91.5 cm³/mol. The number of pyridine rings is 1. The van der Waals surface area contributed by atoms with Gasteiger partial charge in [0.25, 0.3) is 0 Å². The minimum absolute atomic E-state index is 0.0874. The van der Waals surface area contributed by atoms with Gasteiger partial charge in [0.15, 0.2) is 0 Å². The number of likely N-dealkylation sites (tertiary alicyclic amines) is 1. The third-order valence-corrected chi connectivity index (χ3v) is 5.61. The van der Waals surface area contributed by atoms with E-state index in [9.17, 15) is 4.79 Å². The molecular formula is C19H27N3O2. The van der Waals surface area contributed by atoms with Crippen molar-refractivity contribution in [1.82, 2.24) is 14.8 Å². The number of hydrogen-bond donors (Lipinski definition) is 0. The molecule has 24 heavy (non-hydrogen) atoms. The number of nitrogens with zero attached hydrogens (tertiary/aromatic N) is 3. The third kappa shape index (κ3) is 3.62. The van der Waals surface area contributed by atoms with E-state index in [1.807, 2.05) is 30.0 Å². The highest BCUT2D eigenvalue weighted by Gasteiger charge is 2.42. The van der Waals surface area contributed by atoms with Gasteiger partial charge in [-0.2, -0.15) is 0 Å². The number of rotatable bonds is 4. The van der Waals surface area contributed by atoms with Gasteiger partial charge in [0, 0.05) is 25.3 Å². The molecule has 3 fully saturated rings. The molecule has 0 radical (unpaired) electrons. The quantitative estimate of drug-likeness (QED) is 0.847. The fraction of sp³-hybridized carbons (Fsp3) is 0.684. The summed E-state index contributed by atoms with van der Waals surface area (Å²) < 4.78 is 6.04. The Morgan fingerprint density at radius 2 is 2.08 bits per heavy atom. The Balaban J connectivity index is 1.38. The summed E-state index contributed by atoms with van der Waals surface area (Å²) in [6.07, 6.45) is 4.88. The highest BCUT2D eigenvalue weighted by Crippen LogP contribution is 2.34. The van der Waals surface area contributed by atoms with Crippen molar-refractivity contribution < 1.29 is 9.53 Å². The number of piperidine rings is 1. The van der Waals surface area contributed by atoms with Crippen LogP contribution in [0, 0.1) is 12.8 Å². The number of carbonyl (C=O) groups excluding carboxylic acids is 1. The highest BCUT2D eigenvalue weighted by atomic mass is 16.5. The van der Waals surface area contributed by atoms with Gasteiger partial charge in [-0.05, 0) is 50.7 Å². The molecule has 1 aliphatic carbocycles. The Kier molecular flexibility index (Phi) is 4.31. The van der Waals surface area contributed by atoms with Crippen LogP contribution in [0.15, 0.2) is 18.2 Å². The summed E-state index contributed by atoms with van der Waals surface area (Å²) in [6.45, 7) is 6.96. The summed E-state index contributed by atoms with van der Waals surface area (Å²) in [6, 6.07) is 6.00. The van der Waals surface area contributed by atoms with E-state index in [1.165, 1.54) is 19.4 Å². The average Bonchev–Trinajstić information content (AvgIpc) is 3.38. The molecule has 1 aromatic rings. The zero-order chi connectivity index (χ0) is 16.6. The lowest BCUT2D eigenvalue weighted by atomic mass is 9.89. The molecule has 3 heterocycles. The Hall–Kier alpha value is -1.46. The molecule has 0 unspecified atom stereocenters. The molecule has 1 amide bonds. The summed E-state index contributed by atoms with van der Waals surface area (Å²) in [7, 11) is 0. The van der Waals surface area contributed by atoms with E-state index < -0.39 is 0 Å². The third-order valence-electron chi connectivity index (χ3n) is 5.61. The molecule has 5 nitrogen and oxygen atoms in total. The average molecular weight is 329 g/mol. The minimum atomic E-state index is -0.141. The molecule has 1 aromatic heterocycles. The molecule has 4 rings (SSSR count). The first-order valence-corrected chi connectivity index (χ1v) is 9.19. The number of ether oxygens (including phenoxy) is 1. The van der Waals surface area contributed by atoms with E-state index in [-0.39, 0.29) is 18.1 Å². The summed E-state index contributed by atoms with van der Waals surface area (Å²) >= 11 is 0. The molecule has 1 saturated carbocycles. The van der Waals surface area contributed by atoms with Crippen molar-refractivity contribution in [2.75, 3.05) is 32.8 Å². The van der Waals surface area contributed by atoms with Crippen molar-refractivity contribution in [3.8, 4) is 0 Å². The predicted octanol–water partition coefficient (Wildman–Crippen LogP) is 1.99. The molecule has 0 bridgehead atoms.